The number of hydrogen-bond donors (Lipinski definition) is 2. The molecule has 0 aliphatic carbocycles. The Hall–Kier alpha value is -1.73. The van der Waals surface area contributed by atoms with Crippen molar-refractivity contribution in [1.82, 2.24) is 0 Å². The highest BCUT2D eigenvalue weighted by Gasteiger charge is 2.34. The average molecular weight is 273 g/mol. The summed E-state index contributed by atoms with van der Waals surface area (Å²) in [6.45, 7) is 5.13. The molecule has 0 bridgehead atoms. The van der Waals surface area contributed by atoms with Gasteiger partial charge in [-0.05, 0) is 43.9 Å². The van der Waals surface area contributed by atoms with E-state index in [4.69, 9.17) is 10.5 Å². The summed E-state index contributed by atoms with van der Waals surface area (Å²) in [7, 11) is 0. The highest BCUT2D eigenvalue weighted by molar-refractivity contribution is 5.63. The molecule has 20 heavy (non-hydrogen) atoms. The van der Waals surface area contributed by atoms with Crippen LogP contribution in [0.15, 0.2) is 18.2 Å². The molecule has 1 heterocycles. The number of hydrogen-bond acceptors (Lipinski definition) is 4. The summed E-state index contributed by atoms with van der Waals surface area (Å²) < 4.78 is 5.98. The highest BCUT2D eigenvalue weighted by atomic mass is 16.5. The lowest BCUT2D eigenvalue weighted by atomic mass is 9.85. The minimum atomic E-state index is -0.0173. The maximum absolute atomic E-state index is 9.20. The van der Waals surface area contributed by atoms with Crippen molar-refractivity contribution in [3.05, 3.63) is 23.8 Å². The molecule has 4 nitrogen and oxygen atoms in total. The molecule has 1 fully saturated rings. The summed E-state index contributed by atoms with van der Waals surface area (Å²) in [5.41, 5.74) is 7.80. The van der Waals surface area contributed by atoms with E-state index in [1.807, 2.05) is 12.1 Å². The average Bonchev–Trinajstić information content (AvgIpc) is 2.49. The molecule has 2 rings (SSSR count). The van der Waals surface area contributed by atoms with Crippen molar-refractivity contribution in [2.45, 2.75) is 51.2 Å². The lowest BCUT2D eigenvalue weighted by Gasteiger charge is -2.40. The highest BCUT2D eigenvalue weighted by Crippen LogP contribution is 2.33. The van der Waals surface area contributed by atoms with E-state index < -0.39 is 0 Å². The number of benzene rings is 1. The zero-order chi connectivity index (χ0) is 14.6. The number of nitrogens with zero attached hydrogens (tertiary/aromatic N) is 1. The minimum absolute atomic E-state index is 0.0173. The third-order valence-corrected chi connectivity index (χ3v) is 4.31. The summed E-state index contributed by atoms with van der Waals surface area (Å²) in [4.78, 5) is 0. The molecule has 1 unspecified atom stereocenters. The number of anilines is 2. The molecule has 0 spiro atoms. The molecule has 0 saturated carbocycles. The van der Waals surface area contributed by atoms with Gasteiger partial charge < -0.3 is 15.8 Å². The Bertz CT molecular complexity index is 503. The van der Waals surface area contributed by atoms with Crippen LogP contribution < -0.4 is 11.1 Å². The zero-order valence-electron chi connectivity index (χ0n) is 12.3. The van der Waals surface area contributed by atoms with E-state index in [0.29, 0.717) is 17.3 Å². The van der Waals surface area contributed by atoms with Crippen LogP contribution in [0.25, 0.3) is 0 Å². The topological polar surface area (TPSA) is 71.1 Å². The second-order valence-corrected chi connectivity index (χ2v) is 5.49. The van der Waals surface area contributed by atoms with E-state index in [2.05, 4.69) is 25.2 Å². The van der Waals surface area contributed by atoms with Crippen molar-refractivity contribution in [3.63, 3.8) is 0 Å². The van der Waals surface area contributed by atoms with Crippen molar-refractivity contribution in [2.75, 3.05) is 17.7 Å². The van der Waals surface area contributed by atoms with Gasteiger partial charge in [-0.25, -0.2) is 0 Å². The van der Waals surface area contributed by atoms with Crippen molar-refractivity contribution in [3.8, 4) is 6.07 Å². The van der Waals surface area contributed by atoms with E-state index in [1.54, 1.807) is 6.07 Å². The molecule has 1 aromatic rings. The van der Waals surface area contributed by atoms with Gasteiger partial charge in [0.1, 0.15) is 6.07 Å². The van der Waals surface area contributed by atoms with E-state index in [-0.39, 0.29) is 5.60 Å². The molecule has 0 radical (unpaired) electrons. The Kier molecular flexibility index (Phi) is 4.51. The number of ether oxygens (including phenoxy) is 1. The van der Waals surface area contributed by atoms with Crippen LogP contribution >= 0.6 is 0 Å². The quantitative estimate of drug-likeness (QED) is 0.826. The van der Waals surface area contributed by atoms with E-state index >= 15 is 0 Å². The van der Waals surface area contributed by atoms with Crippen molar-refractivity contribution in [2.24, 2.45) is 0 Å². The summed E-state index contributed by atoms with van der Waals surface area (Å²) in [5, 5.41) is 12.7. The van der Waals surface area contributed by atoms with Crippen LogP contribution in [0.3, 0.4) is 0 Å². The van der Waals surface area contributed by atoms with Gasteiger partial charge in [-0.15, -0.1) is 0 Å². The van der Waals surface area contributed by atoms with E-state index in [9.17, 15) is 5.26 Å². The van der Waals surface area contributed by atoms with Gasteiger partial charge in [0.2, 0.25) is 0 Å². The standard InChI is InChI=1S/C16H23N3O/c1-3-16(4-2)10-14(7-8-20-16)19-15-6-5-13(18)9-12(15)11-17/h5-6,9,14,19H,3-4,7-8,10,18H2,1-2H3. The van der Waals surface area contributed by atoms with E-state index in [1.165, 1.54) is 0 Å². The van der Waals surface area contributed by atoms with Crippen LogP contribution in [0.1, 0.15) is 45.1 Å². The molecule has 0 amide bonds. The maximum atomic E-state index is 9.20. The third-order valence-electron chi connectivity index (χ3n) is 4.31. The summed E-state index contributed by atoms with van der Waals surface area (Å²) >= 11 is 0. The molecule has 3 N–H and O–H groups in total. The van der Waals surface area contributed by atoms with Gasteiger partial charge in [0, 0.05) is 18.3 Å². The van der Waals surface area contributed by atoms with Crippen LogP contribution in [0, 0.1) is 11.3 Å². The summed E-state index contributed by atoms with van der Waals surface area (Å²) in [5.74, 6) is 0. The van der Waals surface area contributed by atoms with Crippen LogP contribution in [0.2, 0.25) is 0 Å². The number of nitrogen functional groups attached to an aromatic ring is 1. The van der Waals surface area contributed by atoms with Gasteiger partial charge in [-0.3, -0.25) is 0 Å². The molecule has 1 atom stereocenters. The molecular weight excluding hydrogens is 250 g/mol. The largest absolute Gasteiger partial charge is 0.399 e. The van der Waals surface area contributed by atoms with Crippen molar-refractivity contribution < 1.29 is 4.74 Å². The molecule has 0 aromatic heterocycles. The fourth-order valence-corrected chi connectivity index (χ4v) is 2.89. The predicted molar refractivity (Wildman–Crippen MR) is 81.5 cm³/mol. The third kappa shape index (κ3) is 3.05. The van der Waals surface area contributed by atoms with E-state index in [0.717, 1.165) is 38.0 Å². The molecule has 1 saturated heterocycles. The first-order chi connectivity index (χ1) is 9.62. The van der Waals surface area contributed by atoms with Crippen molar-refractivity contribution in [1.29, 1.82) is 5.26 Å². The fourth-order valence-electron chi connectivity index (χ4n) is 2.89. The van der Waals surface area contributed by atoms with Gasteiger partial charge in [0.05, 0.1) is 16.9 Å². The Morgan fingerprint density at radius 3 is 2.85 bits per heavy atom. The first-order valence-electron chi connectivity index (χ1n) is 7.32. The second-order valence-electron chi connectivity index (χ2n) is 5.49. The van der Waals surface area contributed by atoms with Gasteiger partial charge in [-0.2, -0.15) is 5.26 Å². The lowest BCUT2D eigenvalue weighted by molar-refractivity contribution is -0.0864. The maximum Gasteiger partial charge on any atom is 0.101 e. The molecule has 4 heteroatoms. The SMILES string of the molecule is CCC1(CC)CC(Nc2ccc(N)cc2C#N)CCO1. The fraction of sp³-hybridized carbons (Fsp3) is 0.562. The number of nitrogens with one attached hydrogen (secondary N) is 1. The van der Waals surface area contributed by atoms with Gasteiger partial charge in [-0.1, -0.05) is 13.8 Å². The van der Waals surface area contributed by atoms with Crippen LogP contribution in [0.4, 0.5) is 11.4 Å². The zero-order valence-corrected chi connectivity index (χ0v) is 12.3. The summed E-state index contributed by atoms with van der Waals surface area (Å²) in [6.07, 6.45) is 4.00. The van der Waals surface area contributed by atoms with Crippen LogP contribution in [0.5, 0.6) is 0 Å². The Morgan fingerprint density at radius 1 is 1.45 bits per heavy atom. The normalized spacial score (nSPS) is 21.1. The molecule has 1 aliphatic rings. The van der Waals surface area contributed by atoms with Crippen LogP contribution in [-0.4, -0.2) is 18.2 Å². The van der Waals surface area contributed by atoms with Crippen molar-refractivity contribution >= 4 is 11.4 Å². The smallest absolute Gasteiger partial charge is 0.101 e. The lowest BCUT2D eigenvalue weighted by Crippen LogP contribution is -2.43. The first kappa shape index (κ1) is 14.7. The number of rotatable bonds is 4. The van der Waals surface area contributed by atoms with Gasteiger partial charge in [0.15, 0.2) is 0 Å². The van der Waals surface area contributed by atoms with Crippen LogP contribution in [-0.2, 0) is 4.74 Å². The second kappa shape index (κ2) is 6.15. The van der Waals surface area contributed by atoms with Gasteiger partial charge >= 0.3 is 0 Å². The Morgan fingerprint density at radius 2 is 2.20 bits per heavy atom. The molecular formula is C16H23N3O. The minimum Gasteiger partial charge on any atom is -0.399 e. The Balaban J connectivity index is 2.12. The Labute approximate surface area is 120 Å². The first-order valence-corrected chi connectivity index (χ1v) is 7.32. The molecule has 108 valence electrons. The van der Waals surface area contributed by atoms with Gasteiger partial charge in [0.25, 0.3) is 0 Å². The monoisotopic (exact) mass is 273 g/mol. The molecule has 1 aromatic carbocycles. The number of nitrogens with two attached hydrogens (primary N) is 1. The predicted octanol–water partition coefficient (Wildman–Crippen LogP) is 3.29. The molecule has 1 aliphatic heterocycles. The summed E-state index contributed by atoms with van der Waals surface area (Å²) in [6, 6.07) is 7.98. The number of nitriles is 1.